The first kappa shape index (κ1) is 15.3. The molecule has 4 nitrogen and oxygen atoms in total. The van der Waals surface area contributed by atoms with E-state index < -0.39 is 11.6 Å². The third-order valence-corrected chi connectivity index (χ3v) is 4.01. The topological polar surface area (TPSA) is 55.4 Å². The van der Waals surface area contributed by atoms with Crippen LogP contribution in [0.1, 0.15) is 30.9 Å². The average molecular weight is 308 g/mol. The minimum atomic E-state index is -1.05. The Kier molecular flexibility index (Phi) is 3.90. The maximum Gasteiger partial charge on any atom is 0.407 e. The zero-order valence-electron chi connectivity index (χ0n) is 13.1. The molecule has 0 saturated carbocycles. The van der Waals surface area contributed by atoms with Gasteiger partial charge in [-0.3, -0.25) is 4.79 Å². The lowest BCUT2D eigenvalue weighted by atomic mass is 9.98. The Morgan fingerprint density at radius 3 is 2.13 bits per heavy atom. The molecule has 1 aliphatic carbocycles. The molecule has 117 valence electrons. The van der Waals surface area contributed by atoms with Crippen LogP contribution >= 0.6 is 0 Å². The summed E-state index contributed by atoms with van der Waals surface area (Å²) in [4.78, 5) is 22.6. The van der Waals surface area contributed by atoms with Gasteiger partial charge in [-0.1, -0.05) is 48.5 Å². The summed E-state index contributed by atoms with van der Waals surface area (Å²) in [5, 5.41) is 2.49. The molecule has 1 radical (unpaired) electrons. The van der Waals surface area contributed by atoms with Crippen molar-refractivity contribution >= 4 is 12.4 Å². The monoisotopic (exact) mass is 308 g/mol. The van der Waals surface area contributed by atoms with Crippen LogP contribution in [0.25, 0.3) is 11.1 Å². The lowest BCUT2D eigenvalue weighted by Crippen LogP contribution is -2.45. The smallest absolute Gasteiger partial charge is 0.407 e. The van der Waals surface area contributed by atoms with Gasteiger partial charge in [-0.05, 0) is 36.1 Å². The van der Waals surface area contributed by atoms with E-state index in [-0.39, 0.29) is 12.5 Å². The first-order valence-electron chi connectivity index (χ1n) is 7.54. The molecule has 0 spiro atoms. The van der Waals surface area contributed by atoms with Crippen molar-refractivity contribution in [2.45, 2.75) is 25.3 Å². The molecule has 1 amide bonds. The van der Waals surface area contributed by atoms with Crippen molar-refractivity contribution in [1.82, 2.24) is 5.32 Å². The average Bonchev–Trinajstić information content (AvgIpc) is 2.87. The normalized spacial score (nSPS) is 13.1. The van der Waals surface area contributed by atoms with Crippen molar-refractivity contribution in [1.29, 1.82) is 0 Å². The Labute approximate surface area is 135 Å². The van der Waals surface area contributed by atoms with Crippen molar-refractivity contribution in [2.75, 3.05) is 6.61 Å². The molecular weight excluding hydrogens is 290 g/mol. The van der Waals surface area contributed by atoms with Crippen molar-refractivity contribution in [3.8, 4) is 11.1 Å². The second-order valence-electron chi connectivity index (χ2n) is 6.18. The van der Waals surface area contributed by atoms with Gasteiger partial charge < -0.3 is 10.1 Å². The van der Waals surface area contributed by atoms with E-state index in [4.69, 9.17) is 4.74 Å². The van der Waals surface area contributed by atoms with E-state index in [2.05, 4.69) is 29.6 Å². The summed E-state index contributed by atoms with van der Waals surface area (Å²) >= 11 is 0. The molecule has 1 aliphatic rings. The lowest BCUT2D eigenvalue weighted by molar-refractivity contribution is 0.137. The van der Waals surface area contributed by atoms with Crippen molar-refractivity contribution in [3.63, 3.8) is 0 Å². The van der Waals surface area contributed by atoms with E-state index >= 15 is 0 Å². The zero-order chi connectivity index (χ0) is 16.4. The van der Waals surface area contributed by atoms with Crippen molar-refractivity contribution in [2.24, 2.45) is 0 Å². The van der Waals surface area contributed by atoms with E-state index in [1.807, 2.05) is 24.3 Å². The van der Waals surface area contributed by atoms with Gasteiger partial charge in [0.2, 0.25) is 6.29 Å². The number of alkyl carbamates (subject to hydrolysis) is 1. The van der Waals surface area contributed by atoms with E-state index in [0.717, 1.165) is 11.1 Å². The van der Waals surface area contributed by atoms with Crippen molar-refractivity contribution in [3.05, 3.63) is 59.7 Å². The fourth-order valence-electron chi connectivity index (χ4n) is 2.92. The highest BCUT2D eigenvalue weighted by molar-refractivity contribution is 5.79. The van der Waals surface area contributed by atoms with E-state index in [1.54, 1.807) is 20.1 Å². The molecular formula is C19H18NO3. The summed E-state index contributed by atoms with van der Waals surface area (Å²) in [7, 11) is 0. The van der Waals surface area contributed by atoms with Gasteiger partial charge in [0.25, 0.3) is 0 Å². The quantitative estimate of drug-likeness (QED) is 0.941. The molecule has 2 aromatic carbocycles. The van der Waals surface area contributed by atoms with Crippen LogP contribution < -0.4 is 5.32 Å². The lowest BCUT2D eigenvalue weighted by Gasteiger charge is -2.19. The van der Waals surface area contributed by atoms with Gasteiger partial charge in [-0.15, -0.1) is 0 Å². The van der Waals surface area contributed by atoms with Gasteiger partial charge in [-0.25, -0.2) is 4.79 Å². The van der Waals surface area contributed by atoms with Crippen LogP contribution in [0.4, 0.5) is 4.79 Å². The minimum absolute atomic E-state index is 0.0106. The Morgan fingerprint density at radius 2 is 1.61 bits per heavy atom. The highest BCUT2D eigenvalue weighted by atomic mass is 16.5. The van der Waals surface area contributed by atoms with Crippen LogP contribution in [-0.4, -0.2) is 24.5 Å². The summed E-state index contributed by atoms with van der Waals surface area (Å²) in [6.07, 6.45) is 1.16. The predicted octanol–water partition coefficient (Wildman–Crippen LogP) is 3.41. The van der Waals surface area contributed by atoms with Gasteiger partial charge in [0, 0.05) is 5.92 Å². The molecule has 2 aromatic rings. The molecule has 0 saturated heterocycles. The fraction of sp³-hybridized carbons (Fsp3) is 0.263. The summed E-state index contributed by atoms with van der Waals surface area (Å²) in [5.41, 5.74) is 3.62. The molecule has 4 heteroatoms. The first-order chi connectivity index (χ1) is 11.0. The molecule has 0 aliphatic heterocycles. The Hall–Kier alpha value is -2.62. The third-order valence-electron chi connectivity index (χ3n) is 4.01. The Morgan fingerprint density at radius 1 is 1.09 bits per heavy atom. The Balaban J connectivity index is 1.78. The fourth-order valence-corrected chi connectivity index (χ4v) is 2.92. The number of carbonyl (C=O) groups is 1. The number of amides is 1. The molecule has 0 unspecified atom stereocenters. The number of carbonyl (C=O) groups excluding carboxylic acids is 2. The van der Waals surface area contributed by atoms with Crippen LogP contribution in [0.3, 0.4) is 0 Å². The number of ether oxygens (including phenoxy) is 1. The van der Waals surface area contributed by atoms with Gasteiger partial charge in [0.05, 0.1) is 0 Å². The van der Waals surface area contributed by atoms with Crippen LogP contribution in [0, 0.1) is 0 Å². The summed E-state index contributed by atoms with van der Waals surface area (Å²) in [6.45, 7) is 3.37. The maximum absolute atomic E-state index is 11.9. The number of fused-ring (bicyclic) bond motifs is 3. The van der Waals surface area contributed by atoms with Gasteiger partial charge in [-0.2, -0.15) is 0 Å². The second-order valence-corrected chi connectivity index (χ2v) is 6.18. The van der Waals surface area contributed by atoms with Gasteiger partial charge >= 0.3 is 6.09 Å². The number of benzene rings is 2. The maximum atomic E-state index is 11.9. The van der Waals surface area contributed by atoms with Gasteiger partial charge in [0.1, 0.15) is 12.1 Å². The van der Waals surface area contributed by atoms with Crippen molar-refractivity contribution < 1.29 is 14.3 Å². The van der Waals surface area contributed by atoms with Gasteiger partial charge in [0.15, 0.2) is 0 Å². The van der Waals surface area contributed by atoms with Crippen LogP contribution in [0.5, 0.6) is 0 Å². The number of nitrogens with one attached hydrogen (secondary N) is 1. The molecule has 0 aromatic heterocycles. The second kappa shape index (κ2) is 5.88. The SMILES string of the molecule is CC(C)([C]=O)NC(=O)OCC1c2ccccc2-c2ccccc21. The van der Waals surface area contributed by atoms with E-state index in [0.29, 0.717) is 0 Å². The third kappa shape index (κ3) is 2.97. The standard InChI is InChI=1S/C19H18NO3/c1-19(2,12-21)20-18(22)23-11-17-15-9-5-3-7-13(15)14-8-4-6-10-16(14)17/h3-10,17H,11H2,1-2H3,(H,20,22). The highest BCUT2D eigenvalue weighted by Crippen LogP contribution is 2.44. The zero-order valence-corrected chi connectivity index (χ0v) is 13.1. The van der Waals surface area contributed by atoms with E-state index in [9.17, 15) is 9.59 Å². The molecule has 1 N–H and O–H groups in total. The van der Waals surface area contributed by atoms with Crippen LogP contribution in [0.15, 0.2) is 48.5 Å². The summed E-state index contributed by atoms with van der Waals surface area (Å²) < 4.78 is 5.35. The highest BCUT2D eigenvalue weighted by Gasteiger charge is 2.29. The van der Waals surface area contributed by atoms with Crippen LogP contribution in [-0.2, 0) is 9.53 Å². The predicted molar refractivity (Wildman–Crippen MR) is 88.0 cm³/mol. The molecule has 0 atom stereocenters. The molecule has 23 heavy (non-hydrogen) atoms. The molecule has 0 bridgehead atoms. The Bertz CT molecular complexity index is 706. The molecule has 3 rings (SSSR count). The van der Waals surface area contributed by atoms with Crippen LogP contribution in [0.2, 0.25) is 0 Å². The summed E-state index contributed by atoms with van der Waals surface area (Å²) in [6, 6.07) is 16.3. The first-order valence-corrected chi connectivity index (χ1v) is 7.54. The number of hydrogen-bond donors (Lipinski definition) is 1. The summed E-state index contributed by atoms with van der Waals surface area (Å²) in [5.74, 6) is 0.0106. The number of rotatable bonds is 4. The van der Waals surface area contributed by atoms with E-state index in [1.165, 1.54) is 11.1 Å². The molecule has 0 fully saturated rings. The minimum Gasteiger partial charge on any atom is -0.449 e. The number of hydrogen-bond acceptors (Lipinski definition) is 3. The largest absolute Gasteiger partial charge is 0.449 e. The molecule has 0 heterocycles.